The van der Waals surface area contributed by atoms with Gasteiger partial charge in [0, 0.05) is 47.2 Å². The van der Waals surface area contributed by atoms with Crippen LogP contribution in [-0.2, 0) is 4.74 Å². The van der Waals surface area contributed by atoms with Gasteiger partial charge in [0.2, 0.25) is 0 Å². The number of pyridine rings is 1. The fourth-order valence-electron chi connectivity index (χ4n) is 3.53. The normalized spacial score (nSPS) is 14.0. The van der Waals surface area contributed by atoms with E-state index in [9.17, 15) is 9.90 Å². The fraction of sp³-hybridized carbons (Fsp3) is 0.200. The van der Waals surface area contributed by atoms with Crippen LogP contribution < -0.4 is 5.32 Å². The van der Waals surface area contributed by atoms with E-state index in [4.69, 9.17) is 16.3 Å². The van der Waals surface area contributed by atoms with E-state index in [0.29, 0.717) is 48.3 Å². The van der Waals surface area contributed by atoms with Crippen molar-refractivity contribution in [2.45, 2.75) is 6.92 Å². The van der Waals surface area contributed by atoms with Gasteiger partial charge < -0.3 is 20.1 Å². The number of aromatic hydroxyl groups is 1. The van der Waals surface area contributed by atoms with Crippen LogP contribution in [0.25, 0.3) is 17.2 Å². The highest BCUT2D eigenvalue weighted by atomic mass is 35.5. The third kappa shape index (κ3) is 5.10. The van der Waals surface area contributed by atoms with Crippen molar-refractivity contribution in [3.8, 4) is 16.9 Å². The average Bonchev–Trinajstić information content (AvgIpc) is 2.81. The molecule has 0 spiro atoms. The van der Waals surface area contributed by atoms with Crippen LogP contribution in [0.4, 0.5) is 5.82 Å². The van der Waals surface area contributed by atoms with Crippen LogP contribution in [0.15, 0.2) is 60.9 Å². The lowest BCUT2D eigenvalue weighted by Crippen LogP contribution is -2.40. The van der Waals surface area contributed by atoms with Gasteiger partial charge in [0.15, 0.2) is 0 Å². The van der Waals surface area contributed by atoms with Crippen molar-refractivity contribution in [2.24, 2.45) is 0 Å². The summed E-state index contributed by atoms with van der Waals surface area (Å²) in [6, 6.07) is 14.6. The summed E-state index contributed by atoms with van der Waals surface area (Å²) < 4.78 is 5.34. The number of aromatic nitrogens is 1. The smallest absolute Gasteiger partial charge is 0.254 e. The van der Waals surface area contributed by atoms with Gasteiger partial charge in [0.25, 0.3) is 5.91 Å². The third-order valence-electron chi connectivity index (χ3n) is 5.29. The first kappa shape index (κ1) is 21.9. The van der Waals surface area contributed by atoms with E-state index in [2.05, 4.69) is 10.3 Å². The van der Waals surface area contributed by atoms with Gasteiger partial charge in [-0.15, -0.1) is 0 Å². The molecule has 1 fully saturated rings. The van der Waals surface area contributed by atoms with E-state index in [1.165, 1.54) is 6.07 Å². The highest BCUT2D eigenvalue weighted by molar-refractivity contribution is 6.30. The summed E-state index contributed by atoms with van der Waals surface area (Å²) in [6.07, 6.45) is 5.25. The summed E-state index contributed by atoms with van der Waals surface area (Å²) in [4.78, 5) is 19.1. The maximum absolute atomic E-state index is 12.8. The highest BCUT2D eigenvalue weighted by Crippen LogP contribution is 2.25. The van der Waals surface area contributed by atoms with Crippen molar-refractivity contribution in [2.75, 3.05) is 31.6 Å². The number of phenolic OH excluding ortho intramolecular Hbond substituents is 1. The number of halogens is 1. The first-order valence-corrected chi connectivity index (χ1v) is 10.7. The molecule has 164 valence electrons. The van der Waals surface area contributed by atoms with Crippen LogP contribution in [0.3, 0.4) is 0 Å². The molecule has 3 aromatic rings. The van der Waals surface area contributed by atoms with Gasteiger partial charge in [-0.3, -0.25) is 4.79 Å². The van der Waals surface area contributed by atoms with Crippen molar-refractivity contribution in [3.05, 3.63) is 82.6 Å². The molecule has 1 amide bonds. The molecule has 0 saturated carbocycles. The van der Waals surface area contributed by atoms with Crippen LogP contribution >= 0.6 is 11.6 Å². The lowest BCUT2D eigenvalue weighted by atomic mass is 10.0. The molecule has 6 nitrogen and oxygen atoms in total. The number of morpholine rings is 1. The molecule has 1 saturated heterocycles. The minimum absolute atomic E-state index is 0.0220. The Labute approximate surface area is 192 Å². The van der Waals surface area contributed by atoms with Crippen molar-refractivity contribution in [3.63, 3.8) is 0 Å². The van der Waals surface area contributed by atoms with E-state index in [-0.39, 0.29) is 11.7 Å². The molecule has 7 heteroatoms. The molecule has 0 bridgehead atoms. The predicted molar refractivity (Wildman–Crippen MR) is 127 cm³/mol. The average molecular weight is 450 g/mol. The molecular weight excluding hydrogens is 426 g/mol. The summed E-state index contributed by atoms with van der Waals surface area (Å²) in [5.74, 6) is 0.842. The van der Waals surface area contributed by atoms with Crippen LogP contribution in [0, 0.1) is 6.92 Å². The quantitative estimate of drug-likeness (QED) is 0.575. The Balaban J connectivity index is 1.48. The SMILES string of the molecule is Cc1cc(-c2cccc(C(=O)N3CCOCC3)c2)cnc1N/C=C/c1ccc(Cl)cc1O. The number of aryl methyl sites for hydroxylation is 1. The Morgan fingerprint density at radius 3 is 2.72 bits per heavy atom. The minimum atomic E-state index is 0.0220. The zero-order valence-electron chi connectivity index (χ0n) is 17.7. The van der Waals surface area contributed by atoms with Gasteiger partial charge in [0.1, 0.15) is 11.6 Å². The number of carbonyl (C=O) groups is 1. The largest absolute Gasteiger partial charge is 0.507 e. The second-order valence-corrected chi connectivity index (χ2v) is 7.99. The summed E-state index contributed by atoms with van der Waals surface area (Å²) in [6.45, 7) is 4.36. The first-order chi connectivity index (χ1) is 15.5. The number of carbonyl (C=O) groups excluding carboxylic acids is 1. The van der Waals surface area contributed by atoms with Gasteiger partial charge in [-0.2, -0.15) is 0 Å². The lowest BCUT2D eigenvalue weighted by Gasteiger charge is -2.27. The second kappa shape index (κ2) is 9.85. The van der Waals surface area contributed by atoms with E-state index < -0.39 is 0 Å². The van der Waals surface area contributed by atoms with Gasteiger partial charge >= 0.3 is 0 Å². The molecule has 32 heavy (non-hydrogen) atoms. The fourth-order valence-corrected chi connectivity index (χ4v) is 3.70. The summed E-state index contributed by atoms with van der Waals surface area (Å²) in [5, 5.41) is 13.6. The van der Waals surface area contributed by atoms with Crippen LogP contribution in [0.2, 0.25) is 5.02 Å². The summed E-state index contributed by atoms with van der Waals surface area (Å²) in [5.41, 5.74) is 4.14. The number of anilines is 1. The van der Waals surface area contributed by atoms with Crippen LogP contribution in [-0.4, -0.2) is 47.2 Å². The van der Waals surface area contributed by atoms with E-state index in [1.54, 1.807) is 30.6 Å². The standard InChI is InChI=1S/C25H24ClN3O3/c1-17-13-21(16-28-24(17)27-8-7-18-5-6-22(26)15-23(18)30)19-3-2-4-20(14-19)25(31)29-9-11-32-12-10-29/h2-8,13-16,30H,9-12H2,1H3,(H,27,28)/b8-7+. The Morgan fingerprint density at radius 1 is 1.16 bits per heavy atom. The van der Waals surface area contributed by atoms with Crippen molar-refractivity contribution < 1.29 is 14.6 Å². The van der Waals surface area contributed by atoms with Crippen molar-refractivity contribution >= 4 is 29.4 Å². The monoisotopic (exact) mass is 449 g/mol. The molecule has 2 aromatic carbocycles. The Bertz CT molecular complexity index is 1160. The molecule has 0 radical (unpaired) electrons. The zero-order valence-corrected chi connectivity index (χ0v) is 18.5. The van der Waals surface area contributed by atoms with Gasteiger partial charge in [-0.1, -0.05) is 23.7 Å². The third-order valence-corrected chi connectivity index (χ3v) is 5.53. The van der Waals surface area contributed by atoms with E-state index >= 15 is 0 Å². The van der Waals surface area contributed by atoms with E-state index in [0.717, 1.165) is 16.7 Å². The molecule has 1 aromatic heterocycles. The minimum Gasteiger partial charge on any atom is -0.507 e. The maximum Gasteiger partial charge on any atom is 0.254 e. The van der Waals surface area contributed by atoms with Gasteiger partial charge in [-0.25, -0.2) is 4.98 Å². The van der Waals surface area contributed by atoms with Gasteiger partial charge in [-0.05, 0) is 60.5 Å². The molecule has 0 aliphatic carbocycles. The van der Waals surface area contributed by atoms with Gasteiger partial charge in [0.05, 0.1) is 13.2 Å². The molecule has 1 aliphatic rings. The number of benzene rings is 2. The topological polar surface area (TPSA) is 74.7 Å². The van der Waals surface area contributed by atoms with E-state index in [1.807, 2.05) is 42.2 Å². The Morgan fingerprint density at radius 2 is 1.97 bits per heavy atom. The molecule has 0 atom stereocenters. The molecule has 2 heterocycles. The van der Waals surface area contributed by atoms with Crippen LogP contribution in [0.5, 0.6) is 5.75 Å². The number of amides is 1. The lowest BCUT2D eigenvalue weighted by molar-refractivity contribution is 0.0303. The van der Waals surface area contributed by atoms with Crippen molar-refractivity contribution in [1.82, 2.24) is 9.88 Å². The van der Waals surface area contributed by atoms with Crippen LogP contribution in [0.1, 0.15) is 21.5 Å². The number of hydrogen-bond acceptors (Lipinski definition) is 5. The number of nitrogens with zero attached hydrogens (tertiary/aromatic N) is 2. The second-order valence-electron chi connectivity index (χ2n) is 7.56. The first-order valence-electron chi connectivity index (χ1n) is 10.4. The Hall–Kier alpha value is -3.35. The molecule has 0 unspecified atom stereocenters. The zero-order chi connectivity index (χ0) is 22.5. The van der Waals surface area contributed by atoms with Crippen molar-refractivity contribution in [1.29, 1.82) is 0 Å². The number of ether oxygens (including phenoxy) is 1. The molecule has 2 N–H and O–H groups in total. The number of phenols is 1. The summed E-state index contributed by atoms with van der Waals surface area (Å²) in [7, 11) is 0. The molecular formula is C25H24ClN3O3. The molecule has 1 aliphatic heterocycles. The number of nitrogens with one attached hydrogen (secondary N) is 1. The number of rotatable bonds is 5. The summed E-state index contributed by atoms with van der Waals surface area (Å²) >= 11 is 5.86. The highest BCUT2D eigenvalue weighted by Gasteiger charge is 2.18. The molecule has 4 rings (SSSR count). The number of hydrogen-bond donors (Lipinski definition) is 2. The Kier molecular flexibility index (Phi) is 6.73. The predicted octanol–water partition coefficient (Wildman–Crippen LogP) is 4.97. The maximum atomic E-state index is 12.8.